The fourth-order valence-corrected chi connectivity index (χ4v) is 2.87. The zero-order chi connectivity index (χ0) is 14.3. The van der Waals surface area contributed by atoms with Gasteiger partial charge in [0.25, 0.3) is 0 Å². The third-order valence-electron chi connectivity index (χ3n) is 3.95. The summed E-state index contributed by atoms with van der Waals surface area (Å²) < 4.78 is 0.966. The maximum atomic E-state index is 11.6. The molecule has 1 aliphatic heterocycles. The van der Waals surface area contributed by atoms with Crippen LogP contribution < -0.4 is 16.0 Å². The lowest BCUT2D eigenvalue weighted by Crippen LogP contribution is -2.33. The molecule has 1 aliphatic rings. The molecule has 104 valence electrons. The fraction of sp³-hybridized carbons (Fsp3) is 0.500. The van der Waals surface area contributed by atoms with Crippen molar-refractivity contribution in [2.45, 2.75) is 32.9 Å². The Balaban J connectivity index is 2.40. The van der Waals surface area contributed by atoms with E-state index in [2.05, 4.69) is 54.0 Å². The number of nitrogens with one attached hydrogen (secondary N) is 1. The van der Waals surface area contributed by atoms with Gasteiger partial charge in [-0.3, -0.25) is 4.79 Å². The molecule has 4 nitrogen and oxygen atoms in total. The van der Waals surface area contributed by atoms with Crippen molar-refractivity contribution in [1.29, 1.82) is 0 Å². The lowest BCUT2D eigenvalue weighted by molar-refractivity contribution is -0.116. The van der Waals surface area contributed by atoms with Gasteiger partial charge in [0.2, 0.25) is 5.91 Å². The topological polar surface area (TPSA) is 58.4 Å². The molecule has 0 bridgehead atoms. The molecule has 1 amide bonds. The van der Waals surface area contributed by atoms with Crippen LogP contribution in [0.15, 0.2) is 16.6 Å². The number of nitrogens with two attached hydrogens (primary N) is 1. The summed E-state index contributed by atoms with van der Waals surface area (Å²) in [5.41, 5.74) is 8.58. The number of hydrogen-bond donors (Lipinski definition) is 2. The Labute approximate surface area is 122 Å². The molecule has 0 radical (unpaired) electrons. The molecule has 0 aliphatic carbocycles. The number of carbonyl (C=O) groups excluding carboxylic acids is 1. The van der Waals surface area contributed by atoms with Crippen LogP contribution in [0.25, 0.3) is 0 Å². The zero-order valence-electron chi connectivity index (χ0n) is 11.7. The number of benzene rings is 1. The van der Waals surface area contributed by atoms with Crippen molar-refractivity contribution in [1.82, 2.24) is 0 Å². The number of hydrogen-bond acceptors (Lipinski definition) is 3. The van der Waals surface area contributed by atoms with Crippen LogP contribution in [0.3, 0.4) is 0 Å². The number of carbonyl (C=O) groups is 1. The van der Waals surface area contributed by atoms with E-state index in [1.165, 1.54) is 0 Å². The lowest BCUT2D eigenvalue weighted by Gasteiger charge is -2.31. The summed E-state index contributed by atoms with van der Waals surface area (Å²) in [7, 11) is 2.06. The second-order valence-corrected chi connectivity index (χ2v) is 6.31. The second-order valence-electron chi connectivity index (χ2n) is 5.45. The normalized spacial score (nSPS) is 19.3. The van der Waals surface area contributed by atoms with Gasteiger partial charge in [-0.15, -0.1) is 0 Å². The van der Waals surface area contributed by atoms with Gasteiger partial charge in [0.1, 0.15) is 6.04 Å². The summed E-state index contributed by atoms with van der Waals surface area (Å²) in [6.07, 6.45) is 0. The minimum Gasteiger partial charge on any atom is -0.371 e. The molecular formula is C14H20BrN3O. The molecule has 3 N–H and O–H groups in total. The van der Waals surface area contributed by atoms with Gasteiger partial charge in [0.05, 0.1) is 5.69 Å². The third kappa shape index (κ3) is 2.49. The van der Waals surface area contributed by atoms with E-state index in [1.54, 1.807) is 0 Å². The minimum atomic E-state index is -0.562. The van der Waals surface area contributed by atoms with Crippen molar-refractivity contribution in [3.63, 3.8) is 0 Å². The molecule has 1 aromatic rings. The van der Waals surface area contributed by atoms with E-state index in [1.807, 2.05) is 12.1 Å². The Hall–Kier alpha value is -1.07. The first-order chi connectivity index (χ1) is 8.82. The first kappa shape index (κ1) is 14.3. The molecule has 0 spiro atoms. The minimum absolute atomic E-state index is 0.140. The van der Waals surface area contributed by atoms with Gasteiger partial charge < -0.3 is 16.0 Å². The maximum absolute atomic E-state index is 11.6. The van der Waals surface area contributed by atoms with Crippen LogP contribution >= 0.6 is 15.9 Å². The summed E-state index contributed by atoms with van der Waals surface area (Å²) in [6.45, 7) is 6.58. The molecule has 19 heavy (non-hydrogen) atoms. The molecule has 5 heteroatoms. The van der Waals surface area contributed by atoms with Crippen LogP contribution in [-0.2, 0) is 4.79 Å². The highest BCUT2D eigenvalue weighted by Gasteiger charge is 2.29. The molecule has 0 fully saturated rings. The van der Waals surface area contributed by atoms with Gasteiger partial charge in [-0.2, -0.15) is 0 Å². The fourth-order valence-electron chi connectivity index (χ4n) is 2.23. The smallest absolute Gasteiger partial charge is 0.245 e. The van der Waals surface area contributed by atoms with Gasteiger partial charge in [0.15, 0.2) is 0 Å². The molecule has 2 unspecified atom stereocenters. The third-order valence-corrected chi connectivity index (χ3v) is 4.59. The molecule has 1 heterocycles. The number of nitrogens with zero attached hydrogens (tertiary/aromatic N) is 1. The van der Waals surface area contributed by atoms with E-state index in [0.29, 0.717) is 12.0 Å². The van der Waals surface area contributed by atoms with E-state index in [0.717, 1.165) is 21.4 Å². The van der Waals surface area contributed by atoms with E-state index < -0.39 is 6.04 Å². The first-order valence-electron chi connectivity index (χ1n) is 6.45. The van der Waals surface area contributed by atoms with Crippen LogP contribution in [0.4, 0.5) is 11.4 Å². The average molecular weight is 326 g/mol. The van der Waals surface area contributed by atoms with E-state index in [9.17, 15) is 4.79 Å². The van der Waals surface area contributed by atoms with Crippen molar-refractivity contribution in [2.24, 2.45) is 11.7 Å². The number of halogens is 1. The van der Waals surface area contributed by atoms with Crippen LogP contribution in [0.1, 0.15) is 32.4 Å². The monoisotopic (exact) mass is 325 g/mol. The second kappa shape index (κ2) is 5.13. The number of fused-ring (bicyclic) bond motifs is 1. The highest BCUT2D eigenvalue weighted by Crippen LogP contribution is 2.38. The molecular weight excluding hydrogens is 306 g/mol. The Morgan fingerprint density at radius 3 is 2.58 bits per heavy atom. The van der Waals surface area contributed by atoms with Gasteiger partial charge >= 0.3 is 0 Å². The van der Waals surface area contributed by atoms with Gasteiger partial charge in [-0.05, 0) is 40.9 Å². The largest absolute Gasteiger partial charge is 0.371 e. The van der Waals surface area contributed by atoms with Crippen molar-refractivity contribution in [3.05, 3.63) is 22.2 Å². The number of anilines is 2. The highest BCUT2D eigenvalue weighted by atomic mass is 79.9. The standard InChI is InChI=1S/C14H20BrN3O/c1-7(2)8(3)18(4)12-6-11-9(5-10(12)15)13(16)14(19)17-11/h5-8,13H,16H2,1-4H3,(H,17,19). The maximum Gasteiger partial charge on any atom is 0.245 e. The van der Waals surface area contributed by atoms with Crippen molar-refractivity contribution in [2.75, 3.05) is 17.3 Å². The highest BCUT2D eigenvalue weighted by molar-refractivity contribution is 9.10. The first-order valence-corrected chi connectivity index (χ1v) is 7.25. The van der Waals surface area contributed by atoms with E-state index in [-0.39, 0.29) is 5.91 Å². The summed E-state index contributed by atoms with van der Waals surface area (Å²) in [5.74, 6) is 0.403. The van der Waals surface area contributed by atoms with E-state index in [4.69, 9.17) is 5.73 Å². The van der Waals surface area contributed by atoms with Crippen LogP contribution in [0.2, 0.25) is 0 Å². The number of amides is 1. The van der Waals surface area contributed by atoms with Crippen molar-refractivity contribution < 1.29 is 4.79 Å². The van der Waals surface area contributed by atoms with Gasteiger partial charge in [0, 0.05) is 28.8 Å². The predicted octanol–water partition coefficient (Wildman–Crippen LogP) is 2.88. The summed E-state index contributed by atoms with van der Waals surface area (Å²) in [4.78, 5) is 13.8. The zero-order valence-corrected chi connectivity index (χ0v) is 13.3. The Kier molecular flexibility index (Phi) is 3.87. The summed E-state index contributed by atoms with van der Waals surface area (Å²) >= 11 is 3.58. The lowest BCUT2D eigenvalue weighted by atomic mass is 10.0. The average Bonchev–Trinajstić information content (AvgIpc) is 2.62. The SMILES string of the molecule is CC(C)C(C)N(C)c1cc2c(cc1Br)C(N)C(=O)N2. The predicted molar refractivity (Wildman–Crippen MR) is 82.4 cm³/mol. The quantitative estimate of drug-likeness (QED) is 0.898. The molecule has 2 rings (SSSR count). The molecule has 0 saturated carbocycles. The molecule has 1 aromatic carbocycles. The number of rotatable bonds is 3. The molecule has 2 atom stereocenters. The Bertz CT molecular complexity index is 516. The van der Waals surface area contributed by atoms with E-state index >= 15 is 0 Å². The molecule has 0 saturated heterocycles. The van der Waals surface area contributed by atoms with Gasteiger partial charge in [-0.1, -0.05) is 13.8 Å². The van der Waals surface area contributed by atoms with Crippen LogP contribution in [-0.4, -0.2) is 19.0 Å². The van der Waals surface area contributed by atoms with Crippen LogP contribution in [0, 0.1) is 5.92 Å². The van der Waals surface area contributed by atoms with Gasteiger partial charge in [-0.25, -0.2) is 0 Å². The summed E-state index contributed by atoms with van der Waals surface area (Å²) in [5, 5.41) is 2.83. The summed E-state index contributed by atoms with van der Waals surface area (Å²) in [6, 6.07) is 3.77. The van der Waals surface area contributed by atoms with Crippen molar-refractivity contribution >= 4 is 33.2 Å². The molecule has 0 aromatic heterocycles. The Morgan fingerprint density at radius 1 is 1.37 bits per heavy atom. The Morgan fingerprint density at radius 2 is 2.00 bits per heavy atom. The van der Waals surface area contributed by atoms with Crippen LogP contribution in [0.5, 0.6) is 0 Å². The van der Waals surface area contributed by atoms with Crippen molar-refractivity contribution in [3.8, 4) is 0 Å².